The number of halogens is 1. The van der Waals surface area contributed by atoms with Gasteiger partial charge in [-0.05, 0) is 12.8 Å². The lowest BCUT2D eigenvalue weighted by molar-refractivity contribution is -0.932. The topological polar surface area (TPSA) is 26.3 Å². The van der Waals surface area contributed by atoms with Crippen LogP contribution < -0.4 is 0 Å². The zero-order chi connectivity index (χ0) is 19.7. The largest absolute Gasteiger partial charge is 0.411 e. The van der Waals surface area contributed by atoms with Gasteiger partial charge in [0.25, 0.3) is 0 Å². The highest BCUT2D eigenvalue weighted by atomic mass is 35.5. The minimum Gasteiger partial charge on any atom is -0.411 e. The van der Waals surface area contributed by atoms with E-state index in [-0.39, 0.29) is 12.2 Å². The number of hydrogen-bond acceptors (Lipinski definition) is 2. The molecule has 1 unspecified atom stereocenters. The Hall–Kier alpha value is -0.280. The average Bonchev–Trinajstić information content (AvgIpc) is 2.59. The quantitative estimate of drug-likeness (QED) is 0.0858. The van der Waals surface area contributed by atoms with Crippen molar-refractivity contribution in [3.05, 3.63) is 0 Å². The van der Waals surface area contributed by atoms with Gasteiger partial charge < -0.3 is 4.74 Å². The van der Waals surface area contributed by atoms with Crippen LogP contribution in [0.4, 0.5) is 0 Å². The highest BCUT2D eigenvalue weighted by Gasteiger charge is 2.29. The first-order valence-corrected chi connectivity index (χ1v) is 11.5. The first-order chi connectivity index (χ1) is 12.4. The van der Waals surface area contributed by atoms with Crippen molar-refractivity contribution in [3.8, 4) is 0 Å². The molecular formula is C22H45ClNO2+. The molecule has 26 heavy (non-hydrogen) atoms. The van der Waals surface area contributed by atoms with Crippen LogP contribution in [-0.4, -0.2) is 43.2 Å². The summed E-state index contributed by atoms with van der Waals surface area (Å²) in [6.07, 6.45) is 19.0. The van der Waals surface area contributed by atoms with Crippen molar-refractivity contribution >= 4 is 17.6 Å². The van der Waals surface area contributed by atoms with Crippen LogP contribution in [0, 0.1) is 0 Å². The van der Waals surface area contributed by atoms with Crippen LogP contribution in [0.1, 0.15) is 104 Å². The van der Waals surface area contributed by atoms with Gasteiger partial charge in [-0.3, -0.25) is 9.28 Å². The van der Waals surface area contributed by atoms with E-state index in [9.17, 15) is 4.79 Å². The normalized spacial score (nSPS) is 13.0. The minimum atomic E-state index is -0.247. The molecule has 0 amide bonds. The molecule has 0 radical (unpaired) electrons. The van der Waals surface area contributed by atoms with Crippen LogP contribution in [0.25, 0.3) is 0 Å². The molecule has 0 fully saturated rings. The molecule has 0 heterocycles. The highest BCUT2D eigenvalue weighted by Crippen LogP contribution is 2.16. The summed E-state index contributed by atoms with van der Waals surface area (Å²) >= 11 is 5.97. The highest BCUT2D eigenvalue weighted by molar-refractivity contribution is 6.18. The Kier molecular flexibility index (Phi) is 16.7. The number of carbonyl (C=O) groups excluding carboxylic acids is 1. The molecule has 0 aromatic carbocycles. The van der Waals surface area contributed by atoms with Gasteiger partial charge in [0, 0.05) is 6.92 Å². The molecule has 1 atom stereocenters. The third-order valence-corrected chi connectivity index (χ3v) is 5.57. The lowest BCUT2D eigenvalue weighted by atomic mass is 10.0. The summed E-state index contributed by atoms with van der Waals surface area (Å²) in [5.74, 6) is 0.105. The van der Waals surface area contributed by atoms with Gasteiger partial charge in [0.2, 0.25) is 6.23 Å². The van der Waals surface area contributed by atoms with E-state index in [1.165, 1.54) is 96.8 Å². The Morgan fingerprint density at radius 1 is 0.808 bits per heavy atom. The second-order valence-corrected chi connectivity index (χ2v) is 8.63. The molecular weight excluding hydrogens is 346 g/mol. The van der Waals surface area contributed by atoms with Crippen LogP contribution in [-0.2, 0) is 9.53 Å². The van der Waals surface area contributed by atoms with Crippen LogP contribution in [0.2, 0.25) is 0 Å². The molecule has 0 saturated heterocycles. The van der Waals surface area contributed by atoms with Crippen LogP contribution >= 0.6 is 11.6 Å². The van der Waals surface area contributed by atoms with E-state index in [1.54, 1.807) is 0 Å². The maximum absolute atomic E-state index is 11.2. The van der Waals surface area contributed by atoms with Crippen molar-refractivity contribution in [3.63, 3.8) is 0 Å². The standard InChI is InChI=1S/C22H45ClNO2/c1-5-6-7-8-9-10-11-12-13-14-15-16-17-18-19-24(3,4)22(20-23)26-21(2)25/h22H,5-20H2,1-4H3/q+1. The maximum atomic E-state index is 11.2. The number of rotatable bonds is 18. The number of hydrogen-bond donors (Lipinski definition) is 0. The molecule has 0 spiro atoms. The molecule has 0 bridgehead atoms. The summed E-state index contributed by atoms with van der Waals surface area (Å²) in [6.45, 7) is 4.73. The molecule has 0 aromatic heterocycles. The summed E-state index contributed by atoms with van der Waals surface area (Å²) in [4.78, 5) is 11.2. The smallest absolute Gasteiger partial charge is 0.307 e. The Morgan fingerprint density at radius 2 is 1.19 bits per heavy atom. The zero-order valence-electron chi connectivity index (χ0n) is 18.0. The monoisotopic (exact) mass is 390 g/mol. The summed E-state index contributed by atoms with van der Waals surface area (Å²) in [5.41, 5.74) is 0. The summed E-state index contributed by atoms with van der Waals surface area (Å²) < 4.78 is 5.99. The van der Waals surface area contributed by atoms with Crippen molar-refractivity contribution < 1.29 is 14.0 Å². The van der Waals surface area contributed by atoms with Crippen molar-refractivity contribution in [1.82, 2.24) is 0 Å². The zero-order valence-corrected chi connectivity index (χ0v) is 18.8. The van der Waals surface area contributed by atoms with Crippen molar-refractivity contribution in [1.29, 1.82) is 0 Å². The van der Waals surface area contributed by atoms with E-state index >= 15 is 0 Å². The minimum absolute atomic E-state index is 0.240. The Morgan fingerprint density at radius 3 is 1.54 bits per heavy atom. The predicted octanol–water partition coefficient (Wildman–Crippen LogP) is 6.67. The first kappa shape index (κ1) is 25.7. The number of carbonyl (C=O) groups is 1. The molecule has 0 aromatic rings. The molecule has 0 saturated carbocycles. The lowest BCUT2D eigenvalue weighted by Gasteiger charge is -2.35. The van der Waals surface area contributed by atoms with Crippen molar-refractivity contribution in [2.75, 3.05) is 26.5 Å². The summed E-state index contributed by atoms with van der Waals surface area (Å²) in [5, 5.41) is 0. The van der Waals surface area contributed by atoms with Crippen LogP contribution in [0.5, 0.6) is 0 Å². The number of nitrogens with zero attached hydrogens (tertiary/aromatic N) is 1. The van der Waals surface area contributed by atoms with Gasteiger partial charge >= 0.3 is 5.97 Å². The molecule has 0 rings (SSSR count). The van der Waals surface area contributed by atoms with E-state index < -0.39 is 0 Å². The Bertz CT molecular complexity index is 334. The van der Waals surface area contributed by atoms with E-state index in [0.29, 0.717) is 10.4 Å². The van der Waals surface area contributed by atoms with Crippen molar-refractivity contribution in [2.45, 2.75) is 110 Å². The maximum Gasteiger partial charge on any atom is 0.307 e. The van der Waals surface area contributed by atoms with Gasteiger partial charge in [0.05, 0.1) is 20.6 Å². The van der Waals surface area contributed by atoms with E-state index in [4.69, 9.17) is 16.3 Å². The Labute approximate surface area is 168 Å². The van der Waals surface area contributed by atoms with Gasteiger partial charge in [-0.25, -0.2) is 0 Å². The average molecular weight is 391 g/mol. The predicted molar refractivity (Wildman–Crippen MR) is 114 cm³/mol. The number of unbranched alkanes of at least 4 members (excludes halogenated alkanes) is 13. The molecule has 156 valence electrons. The molecule has 0 aliphatic carbocycles. The van der Waals surface area contributed by atoms with Gasteiger partial charge in [-0.1, -0.05) is 84.0 Å². The van der Waals surface area contributed by atoms with Gasteiger partial charge in [0.15, 0.2) is 0 Å². The number of quaternary nitrogens is 1. The lowest BCUT2D eigenvalue weighted by Crippen LogP contribution is -2.52. The number of ether oxygens (including phenoxy) is 1. The third kappa shape index (κ3) is 14.8. The summed E-state index contributed by atoms with van der Waals surface area (Å²) in [6, 6.07) is 0. The molecule has 4 heteroatoms. The first-order valence-electron chi connectivity index (χ1n) is 11.0. The van der Waals surface area contributed by atoms with Crippen LogP contribution in [0.15, 0.2) is 0 Å². The van der Waals surface area contributed by atoms with Crippen molar-refractivity contribution in [2.24, 2.45) is 0 Å². The fraction of sp³-hybridized carbons (Fsp3) is 0.955. The SMILES string of the molecule is CCCCCCCCCCCCCCCC[N+](C)(C)C(CCl)OC(C)=O. The second-order valence-electron chi connectivity index (χ2n) is 8.32. The van der Waals surface area contributed by atoms with E-state index in [2.05, 4.69) is 21.0 Å². The molecule has 0 aliphatic heterocycles. The third-order valence-electron chi connectivity index (χ3n) is 5.30. The van der Waals surface area contributed by atoms with Gasteiger partial charge in [-0.2, -0.15) is 0 Å². The molecule has 0 aliphatic rings. The number of esters is 1. The van der Waals surface area contributed by atoms with Gasteiger partial charge in [-0.15, -0.1) is 11.6 Å². The summed E-state index contributed by atoms with van der Waals surface area (Å²) in [7, 11) is 4.19. The molecule has 0 N–H and O–H groups in total. The fourth-order valence-corrected chi connectivity index (χ4v) is 3.85. The van der Waals surface area contributed by atoms with Gasteiger partial charge in [0.1, 0.15) is 5.88 Å². The fourth-order valence-electron chi connectivity index (χ4n) is 3.41. The Balaban J connectivity index is 3.48. The van der Waals surface area contributed by atoms with E-state index in [1.807, 2.05) is 0 Å². The van der Waals surface area contributed by atoms with Crippen LogP contribution in [0.3, 0.4) is 0 Å². The molecule has 3 nitrogen and oxygen atoms in total. The number of alkyl halides is 1. The van der Waals surface area contributed by atoms with E-state index in [0.717, 1.165) is 6.54 Å². The second kappa shape index (κ2) is 16.9.